The highest BCUT2D eigenvalue weighted by Crippen LogP contribution is 2.14. The lowest BCUT2D eigenvalue weighted by Gasteiger charge is -2.08. The van der Waals surface area contributed by atoms with Crippen LogP contribution in [-0.4, -0.2) is 28.5 Å². The molecule has 1 unspecified atom stereocenters. The van der Waals surface area contributed by atoms with Crippen molar-refractivity contribution in [1.29, 1.82) is 0 Å². The standard InChI is InChI=1S/C10H11O4S/c1-14-9-4-2-3-8(5-9)6-15(13)7-10(11)12/h2-3,5H,6-7H2,1H3,(H,11,12). The third-order valence-corrected chi connectivity index (χ3v) is 2.90. The quantitative estimate of drug-likeness (QED) is 0.756. The number of carboxylic acid groups (broad SMARTS) is 1. The lowest BCUT2D eigenvalue weighted by atomic mass is 10.2. The first-order valence-corrected chi connectivity index (χ1v) is 5.72. The van der Waals surface area contributed by atoms with Gasteiger partial charge in [0.25, 0.3) is 0 Å². The second-order valence-electron chi connectivity index (χ2n) is 2.89. The zero-order valence-corrected chi connectivity index (χ0v) is 9.04. The van der Waals surface area contributed by atoms with E-state index >= 15 is 0 Å². The maximum atomic E-state index is 11.3. The van der Waals surface area contributed by atoms with E-state index < -0.39 is 17.1 Å². The highest BCUT2D eigenvalue weighted by molar-refractivity contribution is 7.91. The average molecular weight is 227 g/mol. The van der Waals surface area contributed by atoms with Crippen LogP contribution in [-0.2, 0) is 21.7 Å². The van der Waals surface area contributed by atoms with Crippen molar-refractivity contribution in [2.24, 2.45) is 0 Å². The van der Waals surface area contributed by atoms with Gasteiger partial charge in [-0.05, 0) is 17.2 Å². The third-order valence-electron chi connectivity index (χ3n) is 1.67. The first-order chi connectivity index (χ1) is 7.11. The summed E-state index contributed by atoms with van der Waals surface area (Å²) in [6.45, 7) is 0. The Labute approximate surface area is 91.1 Å². The second-order valence-corrected chi connectivity index (χ2v) is 4.34. The molecular weight excluding hydrogens is 216 g/mol. The maximum absolute atomic E-state index is 11.3. The minimum atomic E-state index is -1.38. The SMILES string of the molecule is COc1[c]ccc(C[S+]([O-])CC(=O)O)c1. The van der Waals surface area contributed by atoms with Gasteiger partial charge in [0.2, 0.25) is 5.75 Å². The molecule has 0 saturated carbocycles. The lowest BCUT2D eigenvalue weighted by molar-refractivity contribution is -0.134. The molecule has 1 atom stereocenters. The van der Waals surface area contributed by atoms with E-state index in [0.717, 1.165) is 5.56 Å². The van der Waals surface area contributed by atoms with Crippen LogP contribution in [0, 0.1) is 6.07 Å². The van der Waals surface area contributed by atoms with Crippen molar-refractivity contribution in [2.75, 3.05) is 12.9 Å². The van der Waals surface area contributed by atoms with Crippen molar-refractivity contribution in [3.05, 3.63) is 29.8 Å². The Morgan fingerprint density at radius 3 is 3.07 bits per heavy atom. The Morgan fingerprint density at radius 2 is 2.47 bits per heavy atom. The average Bonchev–Trinajstić information content (AvgIpc) is 2.16. The van der Waals surface area contributed by atoms with Gasteiger partial charge < -0.3 is 14.4 Å². The van der Waals surface area contributed by atoms with Crippen LogP contribution < -0.4 is 4.74 Å². The van der Waals surface area contributed by atoms with Crippen molar-refractivity contribution < 1.29 is 19.2 Å². The molecule has 1 N–H and O–H groups in total. The molecule has 1 aromatic rings. The summed E-state index contributed by atoms with van der Waals surface area (Å²) in [7, 11) is 1.52. The predicted molar refractivity (Wildman–Crippen MR) is 56.2 cm³/mol. The van der Waals surface area contributed by atoms with Gasteiger partial charge in [0.15, 0.2) is 0 Å². The monoisotopic (exact) mass is 227 g/mol. The summed E-state index contributed by atoms with van der Waals surface area (Å²) in [5, 5.41) is 8.44. The topological polar surface area (TPSA) is 69.6 Å². The number of methoxy groups -OCH3 is 1. The van der Waals surface area contributed by atoms with Gasteiger partial charge in [0.05, 0.1) is 7.11 Å². The van der Waals surface area contributed by atoms with Gasteiger partial charge in [-0.3, -0.25) is 0 Å². The Hall–Kier alpha value is -1.20. The number of ether oxygens (including phenoxy) is 1. The van der Waals surface area contributed by atoms with Crippen LogP contribution >= 0.6 is 0 Å². The zero-order valence-electron chi connectivity index (χ0n) is 8.23. The smallest absolute Gasteiger partial charge is 0.353 e. The molecule has 4 nitrogen and oxygen atoms in total. The molecule has 81 valence electrons. The van der Waals surface area contributed by atoms with Gasteiger partial charge in [-0.25, -0.2) is 4.79 Å². The summed E-state index contributed by atoms with van der Waals surface area (Å²) in [4.78, 5) is 10.3. The van der Waals surface area contributed by atoms with Crippen LogP contribution in [0.1, 0.15) is 5.56 Å². The van der Waals surface area contributed by atoms with Gasteiger partial charge in [-0.2, -0.15) is 0 Å². The Bertz CT molecular complexity index is 340. The number of hydrogen-bond donors (Lipinski definition) is 1. The maximum Gasteiger partial charge on any atom is 0.353 e. The molecule has 0 amide bonds. The molecular formula is C10H11O4S. The van der Waals surface area contributed by atoms with E-state index in [2.05, 4.69) is 6.07 Å². The summed E-state index contributed by atoms with van der Waals surface area (Å²) < 4.78 is 16.2. The summed E-state index contributed by atoms with van der Waals surface area (Å²) in [5.41, 5.74) is 0.783. The second kappa shape index (κ2) is 5.63. The van der Waals surface area contributed by atoms with Gasteiger partial charge >= 0.3 is 5.97 Å². The van der Waals surface area contributed by atoms with Crippen molar-refractivity contribution in [3.63, 3.8) is 0 Å². The first kappa shape index (κ1) is 11.9. The molecule has 1 aromatic carbocycles. The largest absolute Gasteiger partial charge is 0.616 e. The van der Waals surface area contributed by atoms with E-state index in [0.29, 0.717) is 5.75 Å². The van der Waals surface area contributed by atoms with E-state index in [-0.39, 0.29) is 11.5 Å². The lowest BCUT2D eigenvalue weighted by Crippen LogP contribution is -2.16. The Balaban J connectivity index is 2.59. The fourth-order valence-corrected chi connectivity index (χ4v) is 2.00. The fourth-order valence-electron chi connectivity index (χ4n) is 1.07. The molecule has 0 aliphatic carbocycles. The van der Waals surface area contributed by atoms with E-state index in [1.807, 2.05) is 0 Å². The highest BCUT2D eigenvalue weighted by atomic mass is 32.2. The fraction of sp³-hybridized carbons (Fsp3) is 0.300. The molecule has 1 radical (unpaired) electrons. The minimum Gasteiger partial charge on any atom is -0.616 e. The molecule has 0 fully saturated rings. The Kier molecular flexibility index (Phi) is 4.45. The molecule has 0 bridgehead atoms. The van der Waals surface area contributed by atoms with E-state index in [9.17, 15) is 9.35 Å². The summed E-state index contributed by atoms with van der Waals surface area (Å²) >= 11 is -1.38. The van der Waals surface area contributed by atoms with E-state index in [1.165, 1.54) is 7.11 Å². The summed E-state index contributed by atoms with van der Waals surface area (Å²) in [6.07, 6.45) is 0. The molecule has 0 aliphatic rings. The number of carboxylic acids is 1. The number of hydrogen-bond acceptors (Lipinski definition) is 3. The van der Waals surface area contributed by atoms with Gasteiger partial charge in [0, 0.05) is 11.6 Å². The predicted octanol–water partition coefficient (Wildman–Crippen LogP) is 0.829. The molecule has 0 aromatic heterocycles. The molecule has 0 spiro atoms. The van der Waals surface area contributed by atoms with Crippen molar-refractivity contribution in [2.45, 2.75) is 5.75 Å². The van der Waals surface area contributed by atoms with Gasteiger partial charge in [-0.1, -0.05) is 12.1 Å². The van der Waals surface area contributed by atoms with Crippen LogP contribution in [0.15, 0.2) is 18.2 Å². The molecule has 1 rings (SSSR count). The molecule has 0 aliphatic heterocycles. The van der Waals surface area contributed by atoms with Crippen molar-refractivity contribution in [3.8, 4) is 5.75 Å². The molecule has 5 heteroatoms. The van der Waals surface area contributed by atoms with E-state index in [4.69, 9.17) is 9.84 Å². The van der Waals surface area contributed by atoms with Crippen LogP contribution in [0.25, 0.3) is 0 Å². The van der Waals surface area contributed by atoms with Crippen LogP contribution in [0.2, 0.25) is 0 Å². The van der Waals surface area contributed by atoms with Gasteiger partial charge in [-0.15, -0.1) is 0 Å². The van der Waals surface area contributed by atoms with Crippen molar-refractivity contribution >= 4 is 17.1 Å². The minimum absolute atomic E-state index is 0.220. The third kappa shape index (κ3) is 4.22. The summed E-state index contributed by atoms with van der Waals surface area (Å²) in [6, 6.07) is 7.93. The van der Waals surface area contributed by atoms with Crippen LogP contribution in [0.4, 0.5) is 0 Å². The number of carbonyl (C=O) groups is 1. The van der Waals surface area contributed by atoms with Crippen LogP contribution in [0.3, 0.4) is 0 Å². The van der Waals surface area contributed by atoms with Crippen LogP contribution in [0.5, 0.6) is 5.75 Å². The highest BCUT2D eigenvalue weighted by Gasteiger charge is 2.12. The molecule has 15 heavy (non-hydrogen) atoms. The normalized spacial score (nSPS) is 12.1. The van der Waals surface area contributed by atoms with Gasteiger partial charge in [0.1, 0.15) is 11.5 Å². The molecule has 0 saturated heterocycles. The Morgan fingerprint density at radius 1 is 1.73 bits per heavy atom. The van der Waals surface area contributed by atoms with E-state index in [1.54, 1.807) is 18.2 Å². The number of benzene rings is 1. The summed E-state index contributed by atoms with van der Waals surface area (Å²) in [5.74, 6) is -0.610. The zero-order chi connectivity index (χ0) is 11.3. The molecule has 0 heterocycles. The first-order valence-electron chi connectivity index (χ1n) is 4.23. The number of aliphatic carboxylic acids is 1. The number of rotatable bonds is 5. The van der Waals surface area contributed by atoms with Crippen molar-refractivity contribution in [1.82, 2.24) is 0 Å².